The van der Waals surface area contributed by atoms with Gasteiger partial charge in [-0.25, -0.2) is 4.57 Å². The van der Waals surface area contributed by atoms with E-state index in [9.17, 15) is 74.9 Å². The quantitative estimate of drug-likeness (QED) is 0.00886. The molecule has 18 unspecified atom stereocenters. The SMILES string of the molecule is CCCCCCCC/C=C\CCCCCC(=O)OCC(COP(=O)(O)OC1C(OC2OC(CO)C(O)C(O)C2O)C(O)C(O)C(O)C1OC1OC(COC(=O)CCCCCCCCCCCCC)C(O)C(O)C1O)OC(=O)CCCCCCCCCCCCCCCCCCC. The Morgan fingerprint density at radius 2 is 0.729 bits per heavy atom. The van der Waals surface area contributed by atoms with Crippen LogP contribution in [0.5, 0.6) is 0 Å². The Morgan fingerprint density at radius 1 is 0.396 bits per heavy atom. The summed E-state index contributed by atoms with van der Waals surface area (Å²) in [6.45, 7) is 3.42. The molecule has 0 bridgehead atoms. The topological polar surface area (TPSA) is 374 Å². The fourth-order valence-electron chi connectivity index (χ4n) is 12.4. The van der Waals surface area contributed by atoms with Gasteiger partial charge in [0.2, 0.25) is 0 Å². The first-order valence-electron chi connectivity index (χ1n) is 37.5. The molecular weight excluding hydrogens is 1270 g/mol. The zero-order chi connectivity index (χ0) is 70.4. The molecule has 11 N–H and O–H groups in total. The summed E-state index contributed by atoms with van der Waals surface area (Å²) in [5.41, 5.74) is 0. The van der Waals surface area contributed by atoms with Crippen LogP contribution >= 0.6 is 7.82 Å². The molecule has 3 fully saturated rings. The maximum absolute atomic E-state index is 14.3. The summed E-state index contributed by atoms with van der Waals surface area (Å²) in [7, 11) is -5.69. The van der Waals surface area contributed by atoms with Gasteiger partial charge in [-0.15, -0.1) is 0 Å². The number of phosphoric ester groups is 1. The highest BCUT2D eigenvalue weighted by atomic mass is 31.2. The van der Waals surface area contributed by atoms with Crippen molar-refractivity contribution in [1.29, 1.82) is 0 Å². The number of unbranched alkanes of at least 4 members (excludes halogenated alkanes) is 35. The summed E-state index contributed by atoms with van der Waals surface area (Å²) in [6, 6.07) is 0. The van der Waals surface area contributed by atoms with Crippen molar-refractivity contribution in [3.63, 3.8) is 0 Å². The van der Waals surface area contributed by atoms with E-state index in [4.69, 9.17) is 42.2 Å². The summed E-state index contributed by atoms with van der Waals surface area (Å²) in [6.07, 6.45) is 11.5. The predicted molar refractivity (Wildman–Crippen MR) is 361 cm³/mol. The van der Waals surface area contributed by atoms with Crippen molar-refractivity contribution in [1.82, 2.24) is 0 Å². The standard InChI is InChI=1S/C71H131O24P/c1-4-7-10-13-16-19-22-24-25-26-27-29-32-35-38-41-44-47-57(75)90-52(49-87-55(73)45-42-39-36-34-31-28-23-20-17-14-11-8-5-2)50-89-96(85,86)95-69-67(93-70-65(83)60(78)58(76)53(48-72)91-70)63(81)62(80)64(82)68(69)94-71-66(84)61(79)59(77)54(92-71)51-88-56(74)46-43-40-37-33-30-21-18-15-12-9-6-3/h28,31,52-54,58-72,76-84H,4-27,29-30,32-51H2,1-3H3,(H,85,86)/b31-28-. The molecule has 24 nitrogen and oxygen atoms in total. The highest BCUT2D eigenvalue weighted by Crippen LogP contribution is 2.49. The molecule has 3 rings (SSSR count). The number of allylic oxidation sites excluding steroid dienone is 2. The smallest absolute Gasteiger partial charge is 0.463 e. The van der Waals surface area contributed by atoms with Crippen molar-refractivity contribution < 1.29 is 117 Å². The molecule has 2 heterocycles. The van der Waals surface area contributed by atoms with E-state index in [1.165, 1.54) is 135 Å². The number of hydrogen-bond acceptors (Lipinski definition) is 23. The number of carbonyl (C=O) groups is 3. The minimum Gasteiger partial charge on any atom is -0.463 e. The number of esters is 3. The van der Waals surface area contributed by atoms with E-state index in [2.05, 4.69) is 32.9 Å². The first-order chi connectivity index (χ1) is 46.3. The second-order valence-corrected chi connectivity index (χ2v) is 28.4. The van der Waals surface area contributed by atoms with Crippen LogP contribution in [0.1, 0.15) is 290 Å². The van der Waals surface area contributed by atoms with Crippen molar-refractivity contribution in [2.75, 3.05) is 26.4 Å². The molecule has 25 heteroatoms. The number of phosphoric acid groups is 1. The minimum atomic E-state index is -5.69. The summed E-state index contributed by atoms with van der Waals surface area (Å²) < 4.78 is 64.9. The Hall–Kier alpha value is -2.30. The fourth-order valence-corrected chi connectivity index (χ4v) is 13.4. The van der Waals surface area contributed by atoms with Crippen LogP contribution in [-0.4, -0.2) is 204 Å². The normalized spacial score (nSPS) is 28.0. The van der Waals surface area contributed by atoms with Crippen molar-refractivity contribution in [3.05, 3.63) is 12.2 Å². The molecule has 2 aliphatic heterocycles. The van der Waals surface area contributed by atoms with Crippen LogP contribution in [0.3, 0.4) is 0 Å². The summed E-state index contributed by atoms with van der Waals surface area (Å²) in [4.78, 5) is 50.9. The Bertz CT molecular complexity index is 2040. The third-order valence-electron chi connectivity index (χ3n) is 18.5. The van der Waals surface area contributed by atoms with E-state index >= 15 is 0 Å². The van der Waals surface area contributed by atoms with Gasteiger partial charge in [-0.3, -0.25) is 23.4 Å². The molecule has 0 aromatic rings. The molecule has 0 aromatic carbocycles. The van der Waals surface area contributed by atoms with E-state index in [1.807, 2.05) is 0 Å². The van der Waals surface area contributed by atoms with Gasteiger partial charge in [0.25, 0.3) is 0 Å². The van der Waals surface area contributed by atoms with Gasteiger partial charge < -0.3 is 89.1 Å². The fraction of sp³-hybridized carbons (Fsp3) is 0.930. The molecule has 18 atom stereocenters. The first kappa shape index (κ1) is 87.9. The Kier molecular flexibility index (Phi) is 49.0. The highest BCUT2D eigenvalue weighted by Gasteiger charge is 2.58. The van der Waals surface area contributed by atoms with Gasteiger partial charge in [0.1, 0.15) is 98.7 Å². The molecule has 0 amide bonds. The molecular formula is C71H131O24P. The maximum atomic E-state index is 14.3. The minimum absolute atomic E-state index is 0.0278. The molecule has 2 saturated heterocycles. The van der Waals surface area contributed by atoms with Crippen LogP contribution in [0.15, 0.2) is 12.2 Å². The molecule has 96 heavy (non-hydrogen) atoms. The number of carbonyl (C=O) groups excluding carboxylic acids is 3. The Labute approximate surface area is 573 Å². The lowest BCUT2D eigenvalue weighted by Gasteiger charge is -2.49. The zero-order valence-corrected chi connectivity index (χ0v) is 59.6. The number of aliphatic hydroxyl groups excluding tert-OH is 10. The Balaban J connectivity index is 1.74. The van der Waals surface area contributed by atoms with Gasteiger partial charge in [0, 0.05) is 19.3 Å². The van der Waals surface area contributed by atoms with Crippen molar-refractivity contribution in [3.8, 4) is 0 Å². The molecule has 0 aromatic heterocycles. The third kappa shape index (κ3) is 36.5. The largest absolute Gasteiger partial charge is 0.472 e. The Morgan fingerprint density at radius 3 is 1.14 bits per heavy atom. The van der Waals surface area contributed by atoms with E-state index in [0.29, 0.717) is 19.3 Å². The van der Waals surface area contributed by atoms with Gasteiger partial charge in [0.05, 0.1) is 13.2 Å². The number of aliphatic hydroxyl groups is 10. The molecule has 1 aliphatic carbocycles. The lowest BCUT2D eigenvalue weighted by Crippen LogP contribution is -2.69. The van der Waals surface area contributed by atoms with Crippen LogP contribution in [0.2, 0.25) is 0 Å². The monoisotopic (exact) mass is 1400 g/mol. The summed E-state index contributed by atoms with van der Waals surface area (Å²) in [5, 5.41) is 110. The number of ether oxygens (including phenoxy) is 7. The van der Waals surface area contributed by atoms with E-state index in [-0.39, 0.29) is 19.3 Å². The molecule has 3 aliphatic rings. The second-order valence-electron chi connectivity index (χ2n) is 27.0. The lowest BCUT2D eigenvalue weighted by atomic mass is 9.84. The van der Waals surface area contributed by atoms with E-state index in [1.54, 1.807) is 0 Å². The van der Waals surface area contributed by atoms with Crippen molar-refractivity contribution in [2.24, 2.45) is 0 Å². The number of hydrogen-bond donors (Lipinski definition) is 11. The first-order valence-corrected chi connectivity index (χ1v) is 39.0. The average molecular weight is 1400 g/mol. The lowest BCUT2D eigenvalue weighted by molar-refractivity contribution is -0.360. The summed E-state index contributed by atoms with van der Waals surface area (Å²) in [5.74, 6) is -2.00. The van der Waals surface area contributed by atoms with Crippen molar-refractivity contribution >= 4 is 25.7 Å². The number of rotatable bonds is 58. The van der Waals surface area contributed by atoms with E-state index in [0.717, 1.165) is 96.3 Å². The van der Waals surface area contributed by atoms with Crippen LogP contribution < -0.4 is 0 Å². The van der Waals surface area contributed by atoms with Crippen LogP contribution in [0, 0.1) is 0 Å². The predicted octanol–water partition coefficient (Wildman–Crippen LogP) is 9.96. The molecule has 0 spiro atoms. The summed E-state index contributed by atoms with van der Waals surface area (Å²) >= 11 is 0. The van der Waals surface area contributed by atoms with Gasteiger partial charge in [-0.1, -0.05) is 238 Å². The second kappa shape index (κ2) is 53.5. The van der Waals surface area contributed by atoms with Gasteiger partial charge in [-0.05, 0) is 44.9 Å². The molecule has 1 saturated carbocycles. The van der Waals surface area contributed by atoms with Crippen LogP contribution in [-0.2, 0) is 61.2 Å². The molecule has 0 radical (unpaired) electrons. The van der Waals surface area contributed by atoms with Crippen molar-refractivity contribution in [2.45, 2.75) is 395 Å². The maximum Gasteiger partial charge on any atom is 0.472 e. The van der Waals surface area contributed by atoms with E-state index < -0.39 is 156 Å². The highest BCUT2D eigenvalue weighted by molar-refractivity contribution is 7.47. The molecule has 564 valence electrons. The average Bonchev–Trinajstić information content (AvgIpc) is 0.765. The van der Waals surface area contributed by atoms with Crippen LogP contribution in [0.25, 0.3) is 0 Å². The van der Waals surface area contributed by atoms with Crippen LogP contribution in [0.4, 0.5) is 0 Å². The van der Waals surface area contributed by atoms with Gasteiger partial charge >= 0.3 is 25.7 Å². The third-order valence-corrected chi connectivity index (χ3v) is 19.5. The van der Waals surface area contributed by atoms with Gasteiger partial charge in [0.15, 0.2) is 18.7 Å². The van der Waals surface area contributed by atoms with Gasteiger partial charge in [-0.2, -0.15) is 0 Å². The zero-order valence-electron chi connectivity index (χ0n) is 58.7.